The molecule has 0 aromatic rings. The molecule has 0 saturated heterocycles. The highest BCUT2D eigenvalue weighted by Crippen LogP contribution is 2.43. The SMILES string of the molecule is CC(C)(C)C1=CC(C(C)(C)C)CC(C(=O)O)C1. The highest BCUT2D eigenvalue weighted by atomic mass is 16.4. The van der Waals surface area contributed by atoms with Crippen molar-refractivity contribution in [1.29, 1.82) is 0 Å². The first-order chi connectivity index (χ1) is 7.51. The van der Waals surface area contributed by atoms with Crippen molar-refractivity contribution in [2.24, 2.45) is 22.7 Å². The topological polar surface area (TPSA) is 37.3 Å². The molecule has 0 fully saturated rings. The number of carboxylic acids is 1. The van der Waals surface area contributed by atoms with Crippen LogP contribution in [-0.2, 0) is 4.79 Å². The Bertz CT molecular complexity index is 326. The maximum absolute atomic E-state index is 11.3. The molecular formula is C15H26O2. The van der Waals surface area contributed by atoms with Gasteiger partial charge >= 0.3 is 5.97 Å². The van der Waals surface area contributed by atoms with Crippen molar-refractivity contribution in [2.75, 3.05) is 0 Å². The van der Waals surface area contributed by atoms with Gasteiger partial charge in [-0.15, -0.1) is 0 Å². The molecule has 0 radical (unpaired) electrons. The molecule has 2 unspecified atom stereocenters. The number of hydrogen-bond donors (Lipinski definition) is 1. The minimum absolute atomic E-state index is 0.0810. The molecule has 2 nitrogen and oxygen atoms in total. The molecule has 1 aliphatic carbocycles. The lowest BCUT2D eigenvalue weighted by Gasteiger charge is -2.38. The summed E-state index contributed by atoms with van der Waals surface area (Å²) in [5, 5.41) is 9.28. The first kappa shape index (κ1) is 14.3. The van der Waals surface area contributed by atoms with Crippen molar-refractivity contribution in [3.63, 3.8) is 0 Å². The lowest BCUT2D eigenvalue weighted by atomic mass is 9.66. The zero-order valence-corrected chi connectivity index (χ0v) is 12.0. The number of carbonyl (C=O) groups is 1. The predicted octanol–water partition coefficient (Wildman–Crippen LogP) is 4.12. The van der Waals surface area contributed by atoms with Gasteiger partial charge in [-0.25, -0.2) is 0 Å². The molecule has 0 heterocycles. The summed E-state index contributed by atoms with van der Waals surface area (Å²) >= 11 is 0. The summed E-state index contributed by atoms with van der Waals surface area (Å²) in [5.74, 6) is -0.487. The predicted molar refractivity (Wildman–Crippen MR) is 70.8 cm³/mol. The summed E-state index contributed by atoms with van der Waals surface area (Å²) < 4.78 is 0. The van der Waals surface area contributed by atoms with Crippen LogP contribution in [0.25, 0.3) is 0 Å². The van der Waals surface area contributed by atoms with Crippen LogP contribution in [0.3, 0.4) is 0 Å². The van der Waals surface area contributed by atoms with E-state index in [1.54, 1.807) is 0 Å². The van der Waals surface area contributed by atoms with Gasteiger partial charge in [-0.3, -0.25) is 4.79 Å². The van der Waals surface area contributed by atoms with Crippen molar-refractivity contribution in [1.82, 2.24) is 0 Å². The molecule has 1 aliphatic rings. The van der Waals surface area contributed by atoms with Gasteiger partial charge in [-0.05, 0) is 29.6 Å². The number of allylic oxidation sites excluding steroid dienone is 2. The second-order valence-corrected chi connectivity index (χ2v) is 7.39. The molecule has 0 aliphatic heterocycles. The van der Waals surface area contributed by atoms with E-state index in [-0.39, 0.29) is 16.7 Å². The van der Waals surface area contributed by atoms with Gasteiger partial charge in [0.1, 0.15) is 0 Å². The van der Waals surface area contributed by atoms with Crippen molar-refractivity contribution in [2.45, 2.75) is 54.4 Å². The van der Waals surface area contributed by atoms with Gasteiger partial charge in [0.25, 0.3) is 0 Å². The van der Waals surface area contributed by atoms with Gasteiger partial charge in [-0.1, -0.05) is 53.2 Å². The van der Waals surface area contributed by atoms with E-state index in [0.29, 0.717) is 12.3 Å². The Morgan fingerprint density at radius 3 is 2.12 bits per heavy atom. The lowest BCUT2D eigenvalue weighted by Crippen LogP contribution is -2.31. The van der Waals surface area contributed by atoms with E-state index in [9.17, 15) is 9.90 Å². The van der Waals surface area contributed by atoms with Gasteiger partial charge < -0.3 is 5.11 Å². The average molecular weight is 238 g/mol. The zero-order chi connectivity index (χ0) is 13.4. The summed E-state index contributed by atoms with van der Waals surface area (Å²) in [6.45, 7) is 13.1. The van der Waals surface area contributed by atoms with E-state index in [2.05, 4.69) is 47.6 Å². The largest absolute Gasteiger partial charge is 0.481 e. The van der Waals surface area contributed by atoms with Crippen molar-refractivity contribution in [3.8, 4) is 0 Å². The van der Waals surface area contributed by atoms with Gasteiger partial charge in [0, 0.05) is 0 Å². The minimum atomic E-state index is -0.644. The van der Waals surface area contributed by atoms with Crippen LogP contribution in [-0.4, -0.2) is 11.1 Å². The van der Waals surface area contributed by atoms with E-state index in [1.165, 1.54) is 5.57 Å². The second kappa shape index (κ2) is 4.47. The van der Waals surface area contributed by atoms with Gasteiger partial charge in [0.05, 0.1) is 5.92 Å². The molecule has 1 N–H and O–H groups in total. The van der Waals surface area contributed by atoms with Crippen LogP contribution in [0.15, 0.2) is 11.6 Å². The first-order valence-electron chi connectivity index (χ1n) is 6.46. The molecule has 0 amide bonds. The van der Waals surface area contributed by atoms with Crippen molar-refractivity contribution < 1.29 is 9.90 Å². The third kappa shape index (κ3) is 3.58. The summed E-state index contributed by atoms with van der Waals surface area (Å²) in [7, 11) is 0. The summed E-state index contributed by atoms with van der Waals surface area (Å²) in [4.78, 5) is 11.3. The maximum Gasteiger partial charge on any atom is 0.306 e. The fraction of sp³-hybridized carbons (Fsp3) is 0.800. The van der Waals surface area contributed by atoms with Crippen LogP contribution >= 0.6 is 0 Å². The Kier molecular flexibility index (Phi) is 3.75. The van der Waals surface area contributed by atoms with E-state index < -0.39 is 5.97 Å². The van der Waals surface area contributed by atoms with Crippen LogP contribution in [0.1, 0.15) is 54.4 Å². The van der Waals surface area contributed by atoms with Gasteiger partial charge in [0.15, 0.2) is 0 Å². The zero-order valence-electron chi connectivity index (χ0n) is 12.0. The number of carboxylic acid groups (broad SMARTS) is 1. The molecule has 0 bridgehead atoms. The number of hydrogen-bond acceptors (Lipinski definition) is 1. The number of aliphatic carboxylic acids is 1. The average Bonchev–Trinajstić information content (AvgIpc) is 2.14. The van der Waals surface area contributed by atoms with Crippen LogP contribution in [0.4, 0.5) is 0 Å². The quantitative estimate of drug-likeness (QED) is 0.698. The molecule has 0 aromatic carbocycles. The Morgan fingerprint density at radius 2 is 1.76 bits per heavy atom. The van der Waals surface area contributed by atoms with E-state index in [4.69, 9.17) is 0 Å². The Hall–Kier alpha value is -0.790. The smallest absolute Gasteiger partial charge is 0.306 e. The second-order valence-electron chi connectivity index (χ2n) is 7.39. The van der Waals surface area contributed by atoms with Crippen LogP contribution in [0, 0.1) is 22.7 Å². The van der Waals surface area contributed by atoms with Crippen LogP contribution in [0.2, 0.25) is 0 Å². The molecule has 17 heavy (non-hydrogen) atoms. The van der Waals surface area contributed by atoms with Crippen LogP contribution < -0.4 is 0 Å². The summed E-state index contributed by atoms with van der Waals surface area (Å²) in [6, 6.07) is 0. The third-order valence-corrected chi connectivity index (χ3v) is 3.83. The summed E-state index contributed by atoms with van der Waals surface area (Å²) in [6.07, 6.45) is 3.82. The summed E-state index contributed by atoms with van der Waals surface area (Å²) in [5.41, 5.74) is 1.53. The van der Waals surface area contributed by atoms with E-state index >= 15 is 0 Å². The normalized spacial score (nSPS) is 26.6. The Labute approximate surface area is 105 Å². The molecule has 1 rings (SSSR count). The lowest BCUT2D eigenvalue weighted by molar-refractivity contribution is -0.142. The Balaban J connectivity index is 3.05. The molecule has 2 atom stereocenters. The number of rotatable bonds is 1. The van der Waals surface area contributed by atoms with E-state index in [0.717, 1.165) is 6.42 Å². The highest BCUT2D eigenvalue weighted by molar-refractivity contribution is 5.70. The molecular weight excluding hydrogens is 212 g/mol. The molecule has 0 spiro atoms. The highest BCUT2D eigenvalue weighted by Gasteiger charge is 2.36. The minimum Gasteiger partial charge on any atom is -0.481 e. The monoisotopic (exact) mass is 238 g/mol. The molecule has 98 valence electrons. The Morgan fingerprint density at radius 1 is 1.24 bits per heavy atom. The van der Waals surface area contributed by atoms with Crippen molar-refractivity contribution in [3.05, 3.63) is 11.6 Å². The molecule has 0 aromatic heterocycles. The van der Waals surface area contributed by atoms with Crippen LogP contribution in [0.5, 0.6) is 0 Å². The fourth-order valence-corrected chi connectivity index (χ4v) is 2.38. The van der Waals surface area contributed by atoms with Gasteiger partial charge in [0.2, 0.25) is 0 Å². The molecule has 0 saturated carbocycles. The standard InChI is InChI=1S/C15H26O2/c1-14(2,3)11-7-10(13(16)17)8-12(9-11)15(4,5)6/h9-11H,7-8H2,1-6H3,(H,16,17). The van der Waals surface area contributed by atoms with Gasteiger partial charge in [-0.2, -0.15) is 0 Å². The van der Waals surface area contributed by atoms with E-state index in [1.807, 2.05) is 0 Å². The maximum atomic E-state index is 11.3. The van der Waals surface area contributed by atoms with Crippen molar-refractivity contribution >= 4 is 5.97 Å². The molecule has 2 heteroatoms. The fourth-order valence-electron chi connectivity index (χ4n) is 2.38. The third-order valence-electron chi connectivity index (χ3n) is 3.83. The first-order valence-corrected chi connectivity index (χ1v) is 6.46.